The molecule has 176 valence electrons. The lowest BCUT2D eigenvalue weighted by atomic mass is 9.92. The third-order valence-electron chi connectivity index (χ3n) is 7.01. The first-order valence-corrected chi connectivity index (χ1v) is 11.7. The molecule has 0 bridgehead atoms. The number of carbonyl (C=O) groups is 3. The van der Waals surface area contributed by atoms with Crippen LogP contribution in [-0.2, 0) is 22.6 Å². The average Bonchev–Trinajstić information content (AvgIpc) is 3.05. The van der Waals surface area contributed by atoms with Crippen LogP contribution >= 0.6 is 0 Å². The van der Waals surface area contributed by atoms with Crippen LogP contribution in [0.15, 0.2) is 30.6 Å². The number of benzene rings is 1. The van der Waals surface area contributed by atoms with Crippen molar-refractivity contribution in [3.05, 3.63) is 53.1 Å². The highest BCUT2D eigenvalue weighted by Gasteiger charge is 2.49. The molecule has 2 aliphatic rings. The molecule has 2 amide bonds. The molecule has 0 spiro atoms. The molecule has 8 heteroatoms. The summed E-state index contributed by atoms with van der Waals surface area (Å²) in [7, 11) is 1.26. The van der Waals surface area contributed by atoms with Gasteiger partial charge in [-0.05, 0) is 37.8 Å². The third kappa shape index (κ3) is 4.38. The first kappa shape index (κ1) is 23.0. The Balaban J connectivity index is 1.71. The summed E-state index contributed by atoms with van der Waals surface area (Å²) in [5.74, 6) is -1.24. The third-order valence-corrected chi connectivity index (χ3v) is 7.01. The highest BCUT2D eigenvalue weighted by atomic mass is 16.5. The van der Waals surface area contributed by atoms with Crippen LogP contribution in [0, 0.1) is 6.92 Å². The van der Waals surface area contributed by atoms with Gasteiger partial charge in [0.05, 0.1) is 20.0 Å². The van der Waals surface area contributed by atoms with Gasteiger partial charge < -0.3 is 19.5 Å². The quantitative estimate of drug-likeness (QED) is 0.555. The fourth-order valence-corrected chi connectivity index (χ4v) is 4.90. The molecular weight excluding hydrogens is 420 g/mol. The van der Waals surface area contributed by atoms with Gasteiger partial charge in [0, 0.05) is 12.6 Å². The lowest BCUT2D eigenvalue weighted by Gasteiger charge is -2.44. The van der Waals surface area contributed by atoms with Gasteiger partial charge in [0.25, 0.3) is 5.91 Å². The second-order valence-corrected chi connectivity index (χ2v) is 9.31. The van der Waals surface area contributed by atoms with Crippen LogP contribution in [0.4, 0.5) is 0 Å². The van der Waals surface area contributed by atoms with Crippen molar-refractivity contribution in [1.82, 2.24) is 19.8 Å². The van der Waals surface area contributed by atoms with Crippen LogP contribution in [0.5, 0.6) is 0 Å². The maximum Gasteiger partial charge on any atom is 0.359 e. The Morgan fingerprint density at radius 3 is 2.55 bits per heavy atom. The number of ether oxygens (including phenoxy) is 1. The van der Waals surface area contributed by atoms with Gasteiger partial charge in [0.2, 0.25) is 5.91 Å². The number of nitrogens with one attached hydrogen (secondary N) is 1. The summed E-state index contributed by atoms with van der Waals surface area (Å²) in [6.45, 7) is 4.25. The summed E-state index contributed by atoms with van der Waals surface area (Å²) in [5.41, 5.74) is 0.988. The largest absolute Gasteiger partial charge is 0.464 e. The van der Waals surface area contributed by atoms with E-state index in [1.54, 1.807) is 16.4 Å². The van der Waals surface area contributed by atoms with Crippen molar-refractivity contribution in [2.75, 3.05) is 7.11 Å². The number of hydrogen-bond donors (Lipinski definition) is 1. The Morgan fingerprint density at radius 1 is 1.18 bits per heavy atom. The molecule has 1 fully saturated rings. The Labute approximate surface area is 194 Å². The first-order valence-electron chi connectivity index (χ1n) is 11.7. The van der Waals surface area contributed by atoms with E-state index in [2.05, 4.69) is 10.3 Å². The molecular formula is C25H32N4O4. The molecule has 8 nitrogen and oxygen atoms in total. The minimum Gasteiger partial charge on any atom is -0.464 e. The number of rotatable bonds is 5. The van der Waals surface area contributed by atoms with E-state index in [0.29, 0.717) is 0 Å². The number of nitrogens with zero attached hydrogens (tertiary/aromatic N) is 3. The number of hydrogen-bond acceptors (Lipinski definition) is 5. The van der Waals surface area contributed by atoms with E-state index in [1.807, 2.05) is 31.2 Å². The van der Waals surface area contributed by atoms with Crippen LogP contribution in [-0.4, -0.2) is 50.9 Å². The molecule has 33 heavy (non-hydrogen) atoms. The molecule has 1 atom stereocenters. The van der Waals surface area contributed by atoms with Crippen LogP contribution in [0.1, 0.15) is 77.6 Å². The van der Waals surface area contributed by atoms with Crippen molar-refractivity contribution < 1.29 is 19.1 Å². The van der Waals surface area contributed by atoms with Crippen molar-refractivity contribution >= 4 is 17.8 Å². The minimum absolute atomic E-state index is 0.0245. The normalized spacial score (nSPS) is 21.3. The summed E-state index contributed by atoms with van der Waals surface area (Å²) in [6, 6.07) is 7.92. The van der Waals surface area contributed by atoms with Gasteiger partial charge in [0.1, 0.15) is 11.2 Å². The Kier molecular flexibility index (Phi) is 6.54. The van der Waals surface area contributed by atoms with E-state index in [9.17, 15) is 14.4 Å². The fourth-order valence-electron chi connectivity index (χ4n) is 4.90. The number of aryl methyl sites for hydroxylation is 1. The molecule has 1 aliphatic heterocycles. The monoisotopic (exact) mass is 452 g/mol. The number of imidazole rings is 1. The predicted molar refractivity (Wildman–Crippen MR) is 123 cm³/mol. The van der Waals surface area contributed by atoms with E-state index in [-0.39, 0.29) is 36.4 Å². The standard InChI is InChI=1S/C25H32N4O4/c1-17-10-8-9-11-18(17)14-29-22(30)21-20(23(31)33-3)26-16-28(21)15-25(29,2)24(32)27-19-12-6-4-5-7-13-19/h8-11,16,19H,4-7,12-15H2,1-3H3,(H,27,32)/t25-/m0/s1. The second kappa shape index (κ2) is 9.37. The Morgan fingerprint density at radius 2 is 1.88 bits per heavy atom. The summed E-state index contributed by atoms with van der Waals surface area (Å²) in [6.07, 6.45) is 7.93. The maximum atomic E-state index is 13.8. The molecule has 4 rings (SSSR count). The first-order chi connectivity index (χ1) is 15.8. The lowest BCUT2D eigenvalue weighted by molar-refractivity contribution is -0.134. The summed E-state index contributed by atoms with van der Waals surface area (Å²) < 4.78 is 6.44. The van der Waals surface area contributed by atoms with Gasteiger partial charge in [-0.15, -0.1) is 0 Å². The molecule has 2 aromatic rings. The van der Waals surface area contributed by atoms with Gasteiger partial charge in [-0.2, -0.15) is 0 Å². The average molecular weight is 453 g/mol. The molecule has 1 aromatic carbocycles. The zero-order valence-electron chi connectivity index (χ0n) is 19.6. The van der Waals surface area contributed by atoms with E-state index in [4.69, 9.17) is 4.74 Å². The van der Waals surface area contributed by atoms with E-state index >= 15 is 0 Å². The number of fused-ring (bicyclic) bond motifs is 1. The Hall–Kier alpha value is -3.16. The van der Waals surface area contributed by atoms with Gasteiger partial charge >= 0.3 is 5.97 Å². The number of aromatic nitrogens is 2. The Bertz CT molecular complexity index is 1050. The second-order valence-electron chi connectivity index (χ2n) is 9.31. The molecule has 0 unspecified atom stereocenters. The number of methoxy groups -OCH3 is 1. The van der Waals surface area contributed by atoms with Crippen molar-refractivity contribution in [2.45, 2.75) is 77.0 Å². The lowest BCUT2D eigenvalue weighted by Crippen LogP contribution is -2.64. The van der Waals surface area contributed by atoms with Crippen LogP contribution in [0.25, 0.3) is 0 Å². The maximum absolute atomic E-state index is 13.8. The van der Waals surface area contributed by atoms with Crippen molar-refractivity contribution in [3.63, 3.8) is 0 Å². The van der Waals surface area contributed by atoms with Gasteiger partial charge in [-0.1, -0.05) is 49.9 Å². The van der Waals surface area contributed by atoms with Crippen LogP contribution in [0.2, 0.25) is 0 Å². The van der Waals surface area contributed by atoms with Crippen molar-refractivity contribution in [3.8, 4) is 0 Å². The number of amides is 2. The van der Waals surface area contributed by atoms with E-state index in [0.717, 1.165) is 36.8 Å². The fraction of sp³-hybridized carbons (Fsp3) is 0.520. The molecule has 1 N–H and O–H groups in total. The summed E-state index contributed by atoms with van der Waals surface area (Å²) in [4.78, 5) is 45.5. The SMILES string of the molecule is COC(=O)c1ncn2c1C(=O)N(Cc1ccccc1C)[C@](C)(C(=O)NC1CCCCCC1)C2. The zero-order valence-corrected chi connectivity index (χ0v) is 19.6. The molecule has 1 saturated carbocycles. The van der Waals surface area contributed by atoms with Gasteiger partial charge in [0.15, 0.2) is 5.69 Å². The molecule has 2 heterocycles. The highest BCUT2D eigenvalue weighted by molar-refractivity contribution is 6.06. The molecule has 0 saturated heterocycles. The van der Waals surface area contributed by atoms with E-state index < -0.39 is 17.4 Å². The smallest absolute Gasteiger partial charge is 0.359 e. The van der Waals surface area contributed by atoms with Gasteiger partial charge in [-0.25, -0.2) is 9.78 Å². The van der Waals surface area contributed by atoms with Crippen LogP contribution < -0.4 is 5.32 Å². The van der Waals surface area contributed by atoms with E-state index in [1.165, 1.54) is 26.3 Å². The predicted octanol–water partition coefficient (Wildman–Crippen LogP) is 3.23. The minimum atomic E-state index is -1.13. The number of carbonyl (C=O) groups excluding carboxylic acids is 3. The molecule has 1 aliphatic carbocycles. The summed E-state index contributed by atoms with van der Waals surface area (Å²) in [5, 5.41) is 3.23. The van der Waals surface area contributed by atoms with Gasteiger partial charge in [-0.3, -0.25) is 9.59 Å². The molecule has 0 radical (unpaired) electrons. The molecule has 1 aromatic heterocycles. The van der Waals surface area contributed by atoms with Crippen molar-refractivity contribution in [1.29, 1.82) is 0 Å². The number of esters is 1. The summed E-state index contributed by atoms with van der Waals surface area (Å²) >= 11 is 0. The highest BCUT2D eigenvalue weighted by Crippen LogP contribution is 2.32. The van der Waals surface area contributed by atoms with Crippen LogP contribution in [0.3, 0.4) is 0 Å². The topological polar surface area (TPSA) is 93.5 Å². The zero-order chi connectivity index (χ0) is 23.6. The van der Waals surface area contributed by atoms with Crippen molar-refractivity contribution in [2.24, 2.45) is 0 Å².